The second kappa shape index (κ2) is 7.83. The first-order valence-electron chi connectivity index (χ1n) is 9.17. The van der Waals surface area contributed by atoms with Gasteiger partial charge in [-0.1, -0.05) is 18.2 Å². The standard InChI is InChI=1S/C21H20N2O6/c1-23(21-22-16-5-3-4-6-17(16)29-21)9-10-27-14-8-7-13-11-15(19(24)26-2)20(25)28-18(13)12-14/h3-8,12,15H,9-11H2,1-2H3. The highest BCUT2D eigenvalue weighted by atomic mass is 16.6. The maximum absolute atomic E-state index is 12.0. The van der Waals surface area contributed by atoms with E-state index in [1.54, 1.807) is 18.2 Å². The number of anilines is 1. The van der Waals surface area contributed by atoms with Crippen molar-refractivity contribution in [2.45, 2.75) is 6.42 Å². The van der Waals surface area contributed by atoms with Gasteiger partial charge in [-0.25, -0.2) is 0 Å². The van der Waals surface area contributed by atoms with E-state index in [2.05, 4.69) is 9.72 Å². The van der Waals surface area contributed by atoms with E-state index < -0.39 is 17.9 Å². The predicted octanol–water partition coefficient (Wildman–Crippen LogP) is 2.59. The third kappa shape index (κ3) is 3.87. The van der Waals surface area contributed by atoms with Crippen molar-refractivity contribution >= 4 is 29.1 Å². The lowest BCUT2D eigenvalue weighted by Gasteiger charge is -2.22. The van der Waals surface area contributed by atoms with Gasteiger partial charge in [-0.15, -0.1) is 0 Å². The zero-order chi connectivity index (χ0) is 20.4. The van der Waals surface area contributed by atoms with Gasteiger partial charge in [-0.2, -0.15) is 4.98 Å². The van der Waals surface area contributed by atoms with Crippen LogP contribution in [-0.2, 0) is 20.7 Å². The maximum atomic E-state index is 12.0. The van der Waals surface area contributed by atoms with E-state index >= 15 is 0 Å². The van der Waals surface area contributed by atoms with Crippen molar-refractivity contribution in [1.29, 1.82) is 0 Å². The topological polar surface area (TPSA) is 91.1 Å². The summed E-state index contributed by atoms with van der Waals surface area (Å²) in [4.78, 5) is 30.0. The van der Waals surface area contributed by atoms with Gasteiger partial charge < -0.3 is 23.5 Å². The highest BCUT2D eigenvalue weighted by Crippen LogP contribution is 2.32. The molecule has 29 heavy (non-hydrogen) atoms. The van der Waals surface area contributed by atoms with Crippen LogP contribution < -0.4 is 14.4 Å². The quantitative estimate of drug-likeness (QED) is 0.357. The molecule has 1 unspecified atom stereocenters. The monoisotopic (exact) mass is 396 g/mol. The summed E-state index contributed by atoms with van der Waals surface area (Å²) in [5.74, 6) is -1.16. The summed E-state index contributed by atoms with van der Waals surface area (Å²) in [7, 11) is 3.12. The molecule has 8 nitrogen and oxygen atoms in total. The van der Waals surface area contributed by atoms with Crippen LogP contribution in [0.3, 0.4) is 0 Å². The fraction of sp³-hybridized carbons (Fsp3) is 0.286. The summed E-state index contributed by atoms with van der Waals surface area (Å²) in [5, 5.41) is 0. The van der Waals surface area contributed by atoms with Gasteiger partial charge in [0.05, 0.1) is 13.7 Å². The van der Waals surface area contributed by atoms with Gasteiger partial charge in [0.15, 0.2) is 11.5 Å². The number of ether oxygens (including phenoxy) is 3. The van der Waals surface area contributed by atoms with Crippen LogP contribution in [0, 0.1) is 5.92 Å². The van der Waals surface area contributed by atoms with Gasteiger partial charge in [0.25, 0.3) is 6.01 Å². The zero-order valence-electron chi connectivity index (χ0n) is 16.1. The predicted molar refractivity (Wildman–Crippen MR) is 104 cm³/mol. The number of para-hydroxylation sites is 2. The molecule has 1 aliphatic heterocycles. The Morgan fingerprint density at radius 3 is 2.90 bits per heavy atom. The fourth-order valence-corrected chi connectivity index (χ4v) is 3.11. The maximum Gasteiger partial charge on any atom is 0.326 e. The Hall–Kier alpha value is -3.55. The molecule has 1 aliphatic rings. The van der Waals surface area contributed by atoms with Crippen LogP contribution in [0.2, 0.25) is 0 Å². The van der Waals surface area contributed by atoms with Gasteiger partial charge in [0.1, 0.15) is 23.6 Å². The number of hydrogen-bond acceptors (Lipinski definition) is 8. The number of carbonyl (C=O) groups excluding carboxylic acids is 2. The summed E-state index contributed by atoms with van der Waals surface area (Å²) >= 11 is 0. The molecule has 0 saturated carbocycles. The number of methoxy groups -OCH3 is 1. The van der Waals surface area contributed by atoms with Crippen molar-refractivity contribution in [3.05, 3.63) is 48.0 Å². The molecule has 0 bridgehead atoms. The Balaban J connectivity index is 1.36. The zero-order valence-corrected chi connectivity index (χ0v) is 16.1. The highest BCUT2D eigenvalue weighted by molar-refractivity contribution is 5.97. The normalized spacial score (nSPS) is 15.5. The Morgan fingerprint density at radius 1 is 1.28 bits per heavy atom. The number of hydrogen-bond donors (Lipinski definition) is 0. The molecule has 1 atom stereocenters. The van der Waals surface area contributed by atoms with Gasteiger partial charge in [-0.05, 0) is 23.8 Å². The van der Waals surface area contributed by atoms with Gasteiger partial charge in [0.2, 0.25) is 0 Å². The summed E-state index contributed by atoms with van der Waals surface area (Å²) in [5.41, 5.74) is 2.30. The minimum Gasteiger partial charge on any atom is -0.492 e. The smallest absolute Gasteiger partial charge is 0.326 e. The van der Waals surface area contributed by atoms with Crippen molar-refractivity contribution in [2.24, 2.45) is 5.92 Å². The van der Waals surface area contributed by atoms with Crippen LogP contribution >= 0.6 is 0 Å². The van der Waals surface area contributed by atoms with Crippen molar-refractivity contribution < 1.29 is 28.2 Å². The first kappa shape index (κ1) is 18.8. The third-order valence-electron chi connectivity index (χ3n) is 4.75. The summed E-state index contributed by atoms with van der Waals surface area (Å²) in [6.45, 7) is 0.931. The molecule has 1 aromatic heterocycles. The molecule has 0 fully saturated rings. The molecule has 0 spiro atoms. The van der Waals surface area contributed by atoms with Crippen molar-refractivity contribution in [3.8, 4) is 11.5 Å². The first-order chi connectivity index (χ1) is 14.0. The second-order valence-corrected chi connectivity index (χ2v) is 6.70. The molecular weight excluding hydrogens is 376 g/mol. The molecule has 0 amide bonds. The number of nitrogens with zero attached hydrogens (tertiary/aromatic N) is 2. The Kier molecular flexibility index (Phi) is 5.07. The minimum atomic E-state index is -0.927. The lowest BCUT2D eigenvalue weighted by atomic mass is 9.96. The number of oxazole rings is 1. The van der Waals surface area contributed by atoms with Crippen molar-refractivity contribution in [1.82, 2.24) is 4.98 Å². The van der Waals surface area contributed by atoms with Gasteiger partial charge in [0, 0.05) is 19.5 Å². The molecule has 0 radical (unpaired) electrons. The van der Waals surface area contributed by atoms with Crippen LogP contribution in [0.25, 0.3) is 11.1 Å². The van der Waals surface area contributed by atoms with Gasteiger partial charge in [-0.3, -0.25) is 9.59 Å². The largest absolute Gasteiger partial charge is 0.492 e. The molecule has 0 N–H and O–H groups in total. The van der Waals surface area contributed by atoms with Crippen LogP contribution in [0.1, 0.15) is 5.56 Å². The summed E-state index contributed by atoms with van der Waals surface area (Å²) in [6, 6.07) is 13.3. The van der Waals surface area contributed by atoms with Crippen molar-refractivity contribution in [2.75, 3.05) is 32.2 Å². The van der Waals surface area contributed by atoms with Crippen LogP contribution in [-0.4, -0.2) is 44.2 Å². The number of benzene rings is 2. The second-order valence-electron chi connectivity index (χ2n) is 6.70. The van der Waals surface area contributed by atoms with Crippen LogP contribution in [0.4, 0.5) is 6.01 Å². The number of carbonyl (C=O) groups is 2. The van der Waals surface area contributed by atoms with Crippen molar-refractivity contribution in [3.63, 3.8) is 0 Å². The summed E-state index contributed by atoms with van der Waals surface area (Å²) in [6.07, 6.45) is 0.252. The molecule has 0 saturated heterocycles. The van der Waals surface area contributed by atoms with Gasteiger partial charge >= 0.3 is 11.9 Å². The Bertz CT molecular complexity index is 1030. The molecule has 2 heterocycles. The number of likely N-dealkylation sites (N-methyl/N-ethyl adjacent to an activating group) is 1. The highest BCUT2D eigenvalue weighted by Gasteiger charge is 2.35. The Labute approximate surface area is 167 Å². The van der Waals surface area contributed by atoms with E-state index in [0.29, 0.717) is 30.7 Å². The minimum absolute atomic E-state index is 0.252. The first-order valence-corrected chi connectivity index (χ1v) is 9.17. The molecular formula is C21H20N2O6. The Morgan fingerprint density at radius 2 is 2.10 bits per heavy atom. The van der Waals surface area contributed by atoms with Crippen LogP contribution in [0.5, 0.6) is 11.5 Å². The SMILES string of the molecule is COC(=O)C1Cc2ccc(OCCN(C)c3nc4ccccc4o3)cc2OC1=O. The molecule has 4 rings (SSSR count). The van der Waals surface area contributed by atoms with E-state index in [0.717, 1.165) is 16.7 Å². The lowest BCUT2D eigenvalue weighted by molar-refractivity contribution is -0.156. The lowest BCUT2D eigenvalue weighted by Crippen LogP contribution is -2.34. The third-order valence-corrected chi connectivity index (χ3v) is 4.75. The van der Waals surface area contributed by atoms with Crippen LogP contribution in [0.15, 0.2) is 46.9 Å². The molecule has 0 aliphatic carbocycles. The number of esters is 2. The average Bonchev–Trinajstić information content (AvgIpc) is 3.17. The molecule has 150 valence electrons. The van der Waals surface area contributed by atoms with E-state index in [1.165, 1.54) is 7.11 Å². The number of rotatable bonds is 6. The van der Waals surface area contributed by atoms with E-state index in [1.807, 2.05) is 36.2 Å². The molecule has 8 heteroatoms. The average molecular weight is 396 g/mol. The molecule has 3 aromatic rings. The summed E-state index contributed by atoms with van der Waals surface area (Å²) < 4.78 is 21.4. The van der Waals surface area contributed by atoms with E-state index in [4.69, 9.17) is 13.9 Å². The number of fused-ring (bicyclic) bond motifs is 2. The van der Waals surface area contributed by atoms with E-state index in [9.17, 15) is 9.59 Å². The molecule has 2 aromatic carbocycles. The van der Waals surface area contributed by atoms with E-state index in [-0.39, 0.29) is 6.42 Å². The number of aromatic nitrogens is 1. The fourth-order valence-electron chi connectivity index (χ4n) is 3.11.